The number of benzene rings is 5. The molecule has 5 aromatic rings. The molecule has 2 heterocycles. The number of halogens is 1. The van der Waals surface area contributed by atoms with Crippen molar-refractivity contribution in [3.63, 3.8) is 0 Å². The van der Waals surface area contributed by atoms with Gasteiger partial charge in [0.15, 0.2) is 8.07 Å². The predicted molar refractivity (Wildman–Crippen MR) is 174 cm³/mol. The zero-order valence-electron chi connectivity index (χ0n) is 23.6. The predicted octanol–water partition coefficient (Wildman–Crippen LogP) is 7.69. The Kier molecular flexibility index (Phi) is 4.94. The van der Waals surface area contributed by atoms with Gasteiger partial charge in [0.05, 0.1) is 0 Å². The van der Waals surface area contributed by atoms with Crippen molar-refractivity contribution in [3.8, 4) is 33.4 Å². The third kappa shape index (κ3) is 2.98. The largest absolute Gasteiger partial charge is 0.182 e. The molecule has 3 aliphatic rings. The Bertz CT molecular complexity index is 1830. The molecule has 0 radical (unpaired) electrons. The Labute approximate surface area is 243 Å². The summed E-state index contributed by atoms with van der Waals surface area (Å²) >= 11 is 7.27. The number of fused-ring (bicyclic) bond motifs is 11. The van der Waals surface area contributed by atoms with E-state index < -0.39 is 8.07 Å². The van der Waals surface area contributed by atoms with Crippen molar-refractivity contribution >= 4 is 40.4 Å². The summed E-state index contributed by atoms with van der Waals surface area (Å²) in [6.07, 6.45) is 2.37. The summed E-state index contributed by atoms with van der Waals surface area (Å²) in [6.45, 7) is 9.55. The fraction of sp³-hybridized carbons (Fsp3) is 0.211. The monoisotopic (exact) mass is 552 g/mol. The number of hydrogen-bond acceptors (Lipinski definition) is 0. The molecule has 5 aromatic carbocycles. The molecule has 0 unspecified atom stereocenters. The van der Waals surface area contributed by atoms with Crippen LogP contribution in [0.5, 0.6) is 0 Å². The van der Waals surface area contributed by atoms with Crippen LogP contribution in [0, 0.1) is 0 Å². The van der Waals surface area contributed by atoms with Gasteiger partial charge in [0.2, 0.25) is 0 Å². The summed E-state index contributed by atoms with van der Waals surface area (Å²) < 4.78 is 0. The van der Waals surface area contributed by atoms with E-state index in [0.29, 0.717) is 0 Å². The molecule has 196 valence electrons. The molecule has 0 aromatic heterocycles. The highest BCUT2D eigenvalue weighted by Gasteiger charge is 2.54. The van der Waals surface area contributed by atoms with Crippen molar-refractivity contribution in [1.82, 2.24) is 0 Å². The van der Waals surface area contributed by atoms with Crippen LogP contribution in [0.25, 0.3) is 33.4 Å². The minimum Gasteiger partial charge on any atom is -0.0837 e. The SMILES string of the molecule is CC1(C)CCC(C)(C)c2cc(-c3cccc4c3-c3ccccc3[Si]43c4ccccc4-c4ccccc43)c(Cl)cc21. The number of hydrogen-bond donors (Lipinski definition) is 0. The first-order valence-corrected chi connectivity index (χ1v) is 16.9. The van der Waals surface area contributed by atoms with Crippen molar-refractivity contribution in [2.45, 2.75) is 51.4 Å². The second kappa shape index (κ2) is 8.09. The number of rotatable bonds is 1. The second-order valence-electron chi connectivity index (χ2n) is 13.3. The lowest BCUT2D eigenvalue weighted by molar-refractivity contribution is 0.332. The molecule has 1 spiro atoms. The van der Waals surface area contributed by atoms with Crippen LogP contribution in [0.1, 0.15) is 51.7 Å². The van der Waals surface area contributed by atoms with E-state index >= 15 is 0 Å². The Morgan fingerprint density at radius 3 is 1.55 bits per heavy atom. The molecule has 2 heteroatoms. The fourth-order valence-electron chi connectivity index (χ4n) is 8.16. The van der Waals surface area contributed by atoms with E-state index in [9.17, 15) is 0 Å². The molecule has 0 saturated carbocycles. The van der Waals surface area contributed by atoms with Crippen LogP contribution in [-0.2, 0) is 10.8 Å². The van der Waals surface area contributed by atoms with Crippen LogP contribution >= 0.6 is 11.6 Å². The zero-order chi connectivity index (χ0) is 27.4. The fourth-order valence-corrected chi connectivity index (χ4v) is 14.1. The minimum atomic E-state index is -2.46. The standard InChI is InChI=1S/C38H33ClSi/c1-37(2)20-21-38(3,4)30-23-31(39)28(22-29(30)37)26-15-11-19-35-36(26)27-14-7-10-18-34(27)40(35)32-16-8-5-12-24(32)25-13-6-9-17-33(25)40/h5-19,22-23H,20-21H2,1-4H3. The molecule has 0 N–H and O–H groups in total. The molecule has 0 bridgehead atoms. The van der Waals surface area contributed by atoms with Crippen molar-refractivity contribution in [2.75, 3.05) is 0 Å². The summed E-state index contributed by atoms with van der Waals surface area (Å²) in [5.74, 6) is 0. The van der Waals surface area contributed by atoms with Crippen molar-refractivity contribution in [1.29, 1.82) is 0 Å². The van der Waals surface area contributed by atoms with Crippen LogP contribution in [0.3, 0.4) is 0 Å². The minimum absolute atomic E-state index is 0.124. The smallest absolute Gasteiger partial charge is 0.0837 e. The van der Waals surface area contributed by atoms with Gasteiger partial charge in [-0.05, 0) is 95.5 Å². The summed E-state index contributed by atoms with van der Waals surface area (Å²) in [5, 5.41) is 6.89. The average Bonchev–Trinajstić information content (AvgIpc) is 3.43. The van der Waals surface area contributed by atoms with Gasteiger partial charge < -0.3 is 0 Å². The Morgan fingerprint density at radius 2 is 0.950 bits per heavy atom. The quantitative estimate of drug-likeness (QED) is 0.183. The van der Waals surface area contributed by atoms with Gasteiger partial charge in [-0.3, -0.25) is 0 Å². The maximum Gasteiger partial charge on any atom is 0.182 e. The van der Waals surface area contributed by atoms with Gasteiger partial charge in [0.1, 0.15) is 0 Å². The average molecular weight is 553 g/mol. The Morgan fingerprint density at radius 1 is 0.500 bits per heavy atom. The molecule has 0 nitrogen and oxygen atoms in total. The van der Waals surface area contributed by atoms with E-state index in [0.717, 1.165) is 5.02 Å². The van der Waals surface area contributed by atoms with Crippen molar-refractivity contribution in [2.24, 2.45) is 0 Å². The first kappa shape index (κ1) is 24.4. The van der Waals surface area contributed by atoms with Gasteiger partial charge in [0.25, 0.3) is 0 Å². The van der Waals surface area contributed by atoms with Crippen molar-refractivity contribution < 1.29 is 0 Å². The van der Waals surface area contributed by atoms with Crippen molar-refractivity contribution in [3.05, 3.63) is 119 Å². The molecule has 0 atom stereocenters. The topological polar surface area (TPSA) is 0 Å². The van der Waals surface area contributed by atoms with Gasteiger partial charge in [-0.1, -0.05) is 130 Å². The van der Waals surface area contributed by atoms with E-state index in [2.05, 4.69) is 131 Å². The molecular formula is C38H33ClSi. The first-order valence-electron chi connectivity index (χ1n) is 14.5. The molecule has 40 heavy (non-hydrogen) atoms. The van der Waals surface area contributed by atoms with Gasteiger partial charge in [-0.2, -0.15) is 0 Å². The van der Waals surface area contributed by atoms with E-state index in [1.54, 1.807) is 0 Å². The Hall–Kier alpha value is -3.39. The third-order valence-electron chi connectivity index (χ3n) is 10.3. The Balaban J connectivity index is 1.47. The van der Waals surface area contributed by atoms with Gasteiger partial charge in [-0.15, -0.1) is 0 Å². The molecule has 0 saturated heterocycles. The van der Waals surface area contributed by atoms with Crippen LogP contribution in [0.15, 0.2) is 103 Å². The van der Waals surface area contributed by atoms with Crippen LogP contribution in [0.4, 0.5) is 0 Å². The molecule has 1 aliphatic carbocycles. The maximum absolute atomic E-state index is 7.27. The highest BCUT2D eigenvalue weighted by Crippen LogP contribution is 2.50. The molecular weight excluding hydrogens is 520 g/mol. The summed E-state index contributed by atoms with van der Waals surface area (Å²) in [5.41, 5.74) is 11.1. The zero-order valence-corrected chi connectivity index (χ0v) is 25.4. The van der Waals surface area contributed by atoms with E-state index in [4.69, 9.17) is 11.6 Å². The maximum atomic E-state index is 7.27. The molecule has 2 aliphatic heterocycles. The van der Waals surface area contributed by atoms with Gasteiger partial charge >= 0.3 is 0 Å². The van der Waals surface area contributed by atoms with E-state index in [1.165, 1.54) is 78.1 Å². The van der Waals surface area contributed by atoms with E-state index in [-0.39, 0.29) is 10.8 Å². The highest BCUT2D eigenvalue weighted by molar-refractivity contribution is 7.24. The first-order chi connectivity index (χ1) is 19.2. The van der Waals surface area contributed by atoms with Crippen LogP contribution in [-0.4, -0.2) is 8.07 Å². The molecule has 8 rings (SSSR count). The normalized spacial score (nSPS) is 18.0. The summed E-state index contributed by atoms with van der Waals surface area (Å²) in [7, 11) is -2.46. The molecule has 0 amide bonds. The lowest BCUT2D eigenvalue weighted by Gasteiger charge is -2.42. The second-order valence-corrected chi connectivity index (χ2v) is 17.3. The van der Waals surface area contributed by atoms with Crippen LogP contribution < -0.4 is 20.7 Å². The van der Waals surface area contributed by atoms with Gasteiger partial charge in [0, 0.05) is 10.6 Å². The highest BCUT2D eigenvalue weighted by atomic mass is 35.5. The van der Waals surface area contributed by atoms with Gasteiger partial charge in [-0.25, -0.2) is 0 Å². The van der Waals surface area contributed by atoms with Crippen LogP contribution in [0.2, 0.25) is 5.02 Å². The lowest BCUT2D eigenvalue weighted by Crippen LogP contribution is -2.70. The summed E-state index contributed by atoms with van der Waals surface area (Å²) in [6, 6.07) is 39.2. The summed E-state index contributed by atoms with van der Waals surface area (Å²) in [4.78, 5) is 0. The third-order valence-corrected chi connectivity index (χ3v) is 15.5. The van der Waals surface area contributed by atoms with E-state index in [1.807, 2.05) is 0 Å². The lowest BCUT2D eigenvalue weighted by atomic mass is 9.63. The molecule has 0 fully saturated rings.